The van der Waals surface area contributed by atoms with Crippen LogP contribution in [0.25, 0.3) is 11.3 Å². The number of rotatable bonds is 2. The molecule has 0 fully saturated rings. The van der Waals surface area contributed by atoms with E-state index in [0.29, 0.717) is 11.3 Å². The third-order valence-electron chi connectivity index (χ3n) is 1.98. The second-order valence-corrected chi connectivity index (χ2v) is 3.02. The van der Waals surface area contributed by atoms with E-state index in [0.717, 1.165) is 0 Å². The van der Waals surface area contributed by atoms with Gasteiger partial charge in [-0.05, 0) is 12.1 Å². The normalized spacial score (nSPS) is 10.2. The minimum Gasteiger partial charge on any atom is -0.502 e. The lowest BCUT2D eigenvalue weighted by Gasteiger charge is -1.98. The molecule has 1 aromatic carbocycles. The van der Waals surface area contributed by atoms with Crippen LogP contribution in [-0.4, -0.2) is 15.0 Å². The monoisotopic (exact) mass is 221 g/mol. The number of aromatic nitrogens is 1. The summed E-state index contributed by atoms with van der Waals surface area (Å²) in [4.78, 5) is 13.6. The third kappa shape index (κ3) is 1.65. The lowest BCUT2D eigenvalue weighted by atomic mass is 10.1. The third-order valence-corrected chi connectivity index (χ3v) is 1.98. The minimum atomic E-state index is -0.682. The molecular formula is C9H7N3O4. The van der Waals surface area contributed by atoms with Crippen molar-refractivity contribution in [2.45, 2.75) is 0 Å². The van der Waals surface area contributed by atoms with Gasteiger partial charge in [-0.25, -0.2) is 4.98 Å². The summed E-state index contributed by atoms with van der Waals surface area (Å²) in [7, 11) is 0. The smallest absolute Gasteiger partial charge is 0.311 e. The van der Waals surface area contributed by atoms with Crippen LogP contribution in [0.1, 0.15) is 0 Å². The van der Waals surface area contributed by atoms with Gasteiger partial charge in [-0.2, -0.15) is 0 Å². The van der Waals surface area contributed by atoms with Gasteiger partial charge < -0.3 is 15.3 Å². The van der Waals surface area contributed by atoms with Gasteiger partial charge in [-0.1, -0.05) is 0 Å². The van der Waals surface area contributed by atoms with Crippen molar-refractivity contribution in [2.24, 2.45) is 0 Å². The van der Waals surface area contributed by atoms with Crippen LogP contribution in [0.2, 0.25) is 0 Å². The van der Waals surface area contributed by atoms with Gasteiger partial charge in [0.1, 0.15) is 0 Å². The Morgan fingerprint density at radius 1 is 1.50 bits per heavy atom. The summed E-state index contributed by atoms with van der Waals surface area (Å²) in [6.07, 6.45) is 1.35. The molecule has 0 saturated carbocycles. The summed E-state index contributed by atoms with van der Waals surface area (Å²) >= 11 is 0. The second kappa shape index (κ2) is 3.54. The van der Waals surface area contributed by atoms with Crippen LogP contribution in [-0.2, 0) is 0 Å². The number of aromatic hydroxyl groups is 1. The van der Waals surface area contributed by atoms with Crippen LogP contribution >= 0.6 is 0 Å². The maximum Gasteiger partial charge on any atom is 0.311 e. The predicted molar refractivity (Wildman–Crippen MR) is 54.7 cm³/mol. The standard InChI is InChI=1S/C9H7N3O4/c10-9-11-4-8(16-9)5-1-2-7(13)6(3-5)12(14)15/h1-4,13H,(H2,10,11). The number of anilines is 1. The molecule has 7 heteroatoms. The van der Waals surface area contributed by atoms with Crippen molar-refractivity contribution in [3.05, 3.63) is 34.5 Å². The van der Waals surface area contributed by atoms with Crippen molar-refractivity contribution in [3.8, 4) is 17.1 Å². The number of phenolic OH excluding ortho intramolecular Hbond substituents is 1. The molecule has 0 bridgehead atoms. The highest BCUT2D eigenvalue weighted by atomic mass is 16.6. The SMILES string of the molecule is Nc1ncc(-c2ccc(O)c([N+](=O)[O-])c2)o1. The van der Waals surface area contributed by atoms with Gasteiger partial charge >= 0.3 is 5.69 Å². The fourth-order valence-electron chi connectivity index (χ4n) is 1.24. The summed E-state index contributed by atoms with van der Waals surface area (Å²) in [6.45, 7) is 0. The van der Waals surface area contributed by atoms with Crippen LogP contribution in [0, 0.1) is 10.1 Å². The predicted octanol–water partition coefficient (Wildman–Crippen LogP) is 1.54. The number of oxazole rings is 1. The Morgan fingerprint density at radius 2 is 2.25 bits per heavy atom. The molecule has 0 saturated heterocycles. The number of nitro groups is 1. The van der Waals surface area contributed by atoms with Crippen LogP contribution < -0.4 is 5.73 Å². The molecule has 1 heterocycles. The number of nitrogen functional groups attached to an aromatic ring is 1. The Hall–Kier alpha value is -2.57. The topological polar surface area (TPSA) is 115 Å². The van der Waals surface area contributed by atoms with Crippen molar-refractivity contribution in [1.82, 2.24) is 4.98 Å². The Kier molecular flexibility index (Phi) is 2.20. The Morgan fingerprint density at radius 3 is 2.81 bits per heavy atom. The van der Waals surface area contributed by atoms with Gasteiger partial charge in [0.05, 0.1) is 11.1 Å². The second-order valence-electron chi connectivity index (χ2n) is 3.02. The van der Waals surface area contributed by atoms with Gasteiger partial charge in [-0.3, -0.25) is 10.1 Å². The van der Waals surface area contributed by atoms with Gasteiger partial charge in [-0.15, -0.1) is 0 Å². The lowest BCUT2D eigenvalue weighted by molar-refractivity contribution is -0.385. The first-order valence-corrected chi connectivity index (χ1v) is 4.27. The molecule has 2 aromatic rings. The fraction of sp³-hybridized carbons (Fsp3) is 0. The van der Waals surface area contributed by atoms with E-state index in [1.807, 2.05) is 0 Å². The van der Waals surface area contributed by atoms with E-state index in [-0.39, 0.29) is 6.01 Å². The van der Waals surface area contributed by atoms with Gasteiger partial charge in [0, 0.05) is 11.6 Å². The zero-order valence-corrected chi connectivity index (χ0v) is 7.95. The molecular weight excluding hydrogens is 214 g/mol. The Bertz CT molecular complexity index is 549. The fourth-order valence-corrected chi connectivity index (χ4v) is 1.24. The van der Waals surface area contributed by atoms with E-state index in [1.165, 1.54) is 24.4 Å². The van der Waals surface area contributed by atoms with E-state index in [2.05, 4.69) is 4.98 Å². The van der Waals surface area contributed by atoms with Crippen LogP contribution in [0.4, 0.5) is 11.7 Å². The molecule has 0 amide bonds. The van der Waals surface area contributed by atoms with E-state index in [1.54, 1.807) is 0 Å². The average molecular weight is 221 g/mol. The Balaban J connectivity index is 2.51. The first-order chi connectivity index (χ1) is 7.58. The molecule has 0 radical (unpaired) electrons. The van der Waals surface area contributed by atoms with Gasteiger partial charge in [0.25, 0.3) is 6.01 Å². The molecule has 0 aliphatic rings. The van der Waals surface area contributed by atoms with Gasteiger partial charge in [0.2, 0.25) is 0 Å². The largest absolute Gasteiger partial charge is 0.502 e. The quantitative estimate of drug-likeness (QED) is 0.586. The van der Waals surface area contributed by atoms with Crippen molar-refractivity contribution < 1.29 is 14.4 Å². The van der Waals surface area contributed by atoms with Crippen molar-refractivity contribution in [2.75, 3.05) is 5.73 Å². The van der Waals surface area contributed by atoms with Crippen molar-refractivity contribution >= 4 is 11.7 Å². The summed E-state index contributed by atoms with van der Waals surface area (Å²) in [5, 5.41) is 19.8. The summed E-state index contributed by atoms with van der Waals surface area (Å²) in [6, 6.07) is 3.86. The molecule has 2 rings (SSSR count). The van der Waals surface area contributed by atoms with Crippen LogP contribution in [0.5, 0.6) is 5.75 Å². The number of hydrogen-bond acceptors (Lipinski definition) is 6. The minimum absolute atomic E-state index is 0.0225. The average Bonchev–Trinajstić information content (AvgIpc) is 2.65. The highest BCUT2D eigenvalue weighted by Crippen LogP contribution is 2.31. The first-order valence-electron chi connectivity index (χ1n) is 4.27. The summed E-state index contributed by atoms with van der Waals surface area (Å²) in [5.41, 5.74) is 5.31. The van der Waals surface area contributed by atoms with E-state index in [4.69, 9.17) is 10.2 Å². The molecule has 3 N–H and O–H groups in total. The van der Waals surface area contributed by atoms with E-state index in [9.17, 15) is 15.2 Å². The number of phenols is 1. The maximum atomic E-state index is 10.6. The molecule has 1 aromatic heterocycles. The Labute approximate surface area is 89.3 Å². The number of benzene rings is 1. The highest BCUT2D eigenvalue weighted by Gasteiger charge is 2.15. The molecule has 0 unspecified atom stereocenters. The number of hydrogen-bond donors (Lipinski definition) is 2. The molecule has 0 atom stereocenters. The first kappa shape index (κ1) is 9.97. The lowest BCUT2D eigenvalue weighted by Crippen LogP contribution is -1.89. The number of nitrogens with zero attached hydrogens (tertiary/aromatic N) is 2. The molecule has 16 heavy (non-hydrogen) atoms. The molecule has 0 aliphatic heterocycles. The van der Waals surface area contributed by atoms with Crippen molar-refractivity contribution in [1.29, 1.82) is 0 Å². The van der Waals surface area contributed by atoms with E-state index >= 15 is 0 Å². The molecule has 0 spiro atoms. The van der Waals surface area contributed by atoms with Crippen LogP contribution in [0.3, 0.4) is 0 Å². The zero-order chi connectivity index (χ0) is 11.7. The number of nitro benzene ring substituents is 1. The van der Waals surface area contributed by atoms with E-state index < -0.39 is 16.4 Å². The molecule has 82 valence electrons. The summed E-state index contributed by atoms with van der Waals surface area (Å²) in [5.74, 6) is -0.0955. The van der Waals surface area contributed by atoms with Gasteiger partial charge in [0.15, 0.2) is 11.5 Å². The van der Waals surface area contributed by atoms with Crippen LogP contribution in [0.15, 0.2) is 28.8 Å². The molecule has 7 nitrogen and oxygen atoms in total. The van der Waals surface area contributed by atoms with Crippen molar-refractivity contribution in [3.63, 3.8) is 0 Å². The summed E-state index contributed by atoms with van der Waals surface area (Å²) < 4.78 is 5.01. The maximum absolute atomic E-state index is 10.6. The zero-order valence-electron chi connectivity index (χ0n) is 7.95. The highest BCUT2D eigenvalue weighted by molar-refractivity contribution is 5.64. The number of nitrogens with two attached hydrogens (primary N) is 1. The molecule has 0 aliphatic carbocycles.